The molecule has 2 N–H and O–H groups in total. The average molecular weight is 521 g/mol. The van der Waals surface area contributed by atoms with E-state index < -0.39 is 11.7 Å². The van der Waals surface area contributed by atoms with Crippen molar-refractivity contribution in [1.82, 2.24) is 4.90 Å². The van der Waals surface area contributed by atoms with Gasteiger partial charge in [-0.1, -0.05) is 32.0 Å². The van der Waals surface area contributed by atoms with E-state index in [4.69, 9.17) is 13.9 Å². The third-order valence-corrected chi connectivity index (χ3v) is 7.08. The van der Waals surface area contributed by atoms with Gasteiger partial charge in [0.2, 0.25) is 5.91 Å². The van der Waals surface area contributed by atoms with Gasteiger partial charge >= 0.3 is 0 Å². The van der Waals surface area contributed by atoms with Gasteiger partial charge in [0.1, 0.15) is 40.2 Å². The molecule has 1 aliphatic rings. The number of nitrogens with zero attached hydrogens (tertiary/aromatic N) is 1. The van der Waals surface area contributed by atoms with Crippen molar-refractivity contribution in [3.05, 3.63) is 66.5 Å². The molecule has 0 unspecified atom stereocenters. The van der Waals surface area contributed by atoms with Gasteiger partial charge in [-0.15, -0.1) is 0 Å². The quantitative estimate of drug-likeness (QED) is 0.315. The van der Waals surface area contributed by atoms with Gasteiger partial charge in [-0.05, 0) is 55.2 Å². The monoisotopic (exact) mass is 520 g/mol. The number of hydrogen-bond donors (Lipinski definition) is 2. The molecule has 5 rings (SSSR count). The lowest BCUT2D eigenvalue weighted by atomic mass is 9.81. The molecule has 0 bridgehead atoms. The van der Waals surface area contributed by atoms with E-state index in [1.807, 2.05) is 35.2 Å². The molecule has 1 saturated heterocycles. The van der Waals surface area contributed by atoms with E-state index in [0.717, 1.165) is 16.4 Å². The molecule has 4 aromatic rings. The van der Waals surface area contributed by atoms with E-state index in [9.17, 15) is 14.3 Å². The Labute approximate surface area is 221 Å². The molecule has 1 fully saturated rings. The molecule has 38 heavy (non-hydrogen) atoms. The van der Waals surface area contributed by atoms with Crippen LogP contribution in [-0.2, 0) is 4.79 Å². The fourth-order valence-electron chi connectivity index (χ4n) is 5.33. The number of para-hydroxylation sites is 1. The molecule has 0 radical (unpaired) electrons. The number of fused-ring (bicyclic) bond motifs is 3. The number of rotatable bonds is 8. The van der Waals surface area contributed by atoms with Gasteiger partial charge in [0, 0.05) is 29.9 Å². The summed E-state index contributed by atoms with van der Waals surface area (Å²) >= 11 is 0. The minimum Gasteiger partial charge on any atom is -0.495 e. The molecule has 1 aliphatic heterocycles. The van der Waals surface area contributed by atoms with Gasteiger partial charge in [0.25, 0.3) is 0 Å². The number of methoxy groups -OCH3 is 1. The van der Waals surface area contributed by atoms with E-state index in [0.29, 0.717) is 48.7 Å². The van der Waals surface area contributed by atoms with Crippen molar-refractivity contribution < 1.29 is 28.2 Å². The first-order chi connectivity index (χ1) is 18.2. The first kappa shape index (κ1) is 26.0. The summed E-state index contributed by atoms with van der Waals surface area (Å²) in [5, 5.41) is 16.3. The predicted molar refractivity (Wildman–Crippen MR) is 145 cm³/mol. The Morgan fingerprint density at radius 1 is 1.16 bits per heavy atom. The summed E-state index contributed by atoms with van der Waals surface area (Å²) in [5.41, 5.74) is 0.899. The third-order valence-electron chi connectivity index (χ3n) is 7.08. The summed E-state index contributed by atoms with van der Waals surface area (Å²) in [6.45, 7) is 5.12. The molecule has 2 heterocycles. The lowest BCUT2D eigenvalue weighted by Crippen LogP contribution is -2.59. The minimum atomic E-state index is -1.05. The van der Waals surface area contributed by atoms with Crippen LogP contribution in [0.4, 0.5) is 10.1 Å². The van der Waals surface area contributed by atoms with Crippen molar-refractivity contribution in [3.8, 4) is 11.5 Å². The number of furan rings is 1. The largest absolute Gasteiger partial charge is 0.495 e. The van der Waals surface area contributed by atoms with Crippen LogP contribution in [0.5, 0.6) is 11.5 Å². The van der Waals surface area contributed by atoms with Crippen molar-refractivity contribution in [2.45, 2.75) is 38.4 Å². The van der Waals surface area contributed by atoms with Crippen LogP contribution >= 0.6 is 0 Å². The number of piperidine rings is 1. The molecule has 1 aromatic heterocycles. The number of benzene rings is 3. The molecule has 3 aromatic carbocycles. The van der Waals surface area contributed by atoms with Crippen molar-refractivity contribution >= 4 is 33.5 Å². The zero-order valence-electron chi connectivity index (χ0n) is 21.9. The van der Waals surface area contributed by atoms with Crippen LogP contribution in [0.15, 0.2) is 65.1 Å². The van der Waals surface area contributed by atoms with Crippen LogP contribution in [-0.4, -0.2) is 54.4 Å². The van der Waals surface area contributed by atoms with Crippen molar-refractivity contribution in [2.24, 2.45) is 5.92 Å². The lowest BCUT2D eigenvalue weighted by molar-refractivity contribution is -0.129. The standard InChI is InChI=1S/C30H33FN2O5/c1-19(2)16-30(35)12-13-33(17-28(30)37-21-10-8-20(31)9-11-21)18-29(34)32-24-15-26-23(14-27(24)36-3)22-6-4-5-7-25(22)38-26/h4-11,14-15,19,28,35H,12-13,16-18H2,1-3H3,(H,32,34)/t28-,30+/m0/s1. The Hall–Kier alpha value is -3.62. The highest BCUT2D eigenvalue weighted by Crippen LogP contribution is 2.37. The van der Waals surface area contributed by atoms with E-state index in [-0.39, 0.29) is 24.2 Å². The fourth-order valence-corrected chi connectivity index (χ4v) is 5.33. The van der Waals surface area contributed by atoms with Gasteiger partial charge in [-0.25, -0.2) is 4.39 Å². The first-order valence-corrected chi connectivity index (χ1v) is 12.9. The Kier molecular flexibility index (Phi) is 7.27. The highest BCUT2D eigenvalue weighted by atomic mass is 19.1. The van der Waals surface area contributed by atoms with E-state index in [2.05, 4.69) is 19.2 Å². The number of likely N-dealkylation sites (tertiary alicyclic amines) is 1. The third kappa shape index (κ3) is 5.47. The van der Waals surface area contributed by atoms with Crippen LogP contribution in [0.25, 0.3) is 21.9 Å². The maximum atomic E-state index is 13.4. The normalized spacial score (nSPS) is 20.2. The smallest absolute Gasteiger partial charge is 0.238 e. The molecule has 1 amide bonds. The topological polar surface area (TPSA) is 84.2 Å². The summed E-state index contributed by atoms with van der Waals surface area (Å²) in [6, 6.07) is 17.2. The number of anilines is 1. The molecule has 0 saturated carbocycles. The Bertz CT molecular complexity index is 1430. The van der Waals surface area contributed by atoms with Crippen LogP contribution in [0.1, 0.15) is 26.7 Å². The highest BCUT2D eigenvalue weighted by Gasteiger charge is 2.44. The van der Waals surface area contributed by atoms with Crippen molar-refractivity contribution in [3.63, 3.8) is 0 Å². The van der Waals surface area contributed by atoms with Crippen molar-refractivity contribution in [1.29, 1.82) is 0 Å². The number of aliphatic hydroxyl groups is 1. The molecule has 2 atom stereocenters. The second-order valence-corrected chi connectivity index (χ2v) is 10.4. The summed E-state index contributed by atoms with van der Waals surface area (Å²) in [6.07, 6.45) is 0.449. The number of ether oxygens (including phenoxy) is 2. The summed E-state index contributed by atoms with van der Waals surface area (Å²) in [7, 11) is 1.57. The van der Waals surface area contributed by atoms with Gasteiger partial charge in [0.05, 0.1) is 19.3 Å². The highest BCUT2D eigenvalue weighted by molar-refractivity contribution is 6.07. The SMILES string of the molecule is COc1cc2c(cc1NC(=O)CN1CC[C@@](O)(CC(C)C)[C@@H](Oc3ccc(F)cc3)C1)oc1ccccc12. The lowest BCUT2D eigenvalue weighted by Gasteiger charge is -2.45. The molecule has 0 spiro atoms. The number of amides is 1. The predicted octanol–water partition coefficient (Wildman–Crippen LogP) is 5.60. The minimum absolute atomic E-state index is 0.113. The number of carbonyl (C=O) groups excluding carboxylic acids is 1. The molecule has 8 heteroatoms. The van der Waals surface area contributed by atoms with Gasteiger partial charge in [-0.3, -0.25) is 9.69 Å². The Balaban J connectivity index is 1.31. The maximum Gasteiger partial charge on any atom is 0.238 e. The zero-order valence-corrected chi connectivity index (χ0v) is 21.9. The van der Waals surface area contributed by atoms with Gasteiger partial charge < -0.3 is 24.3 Å². The Morgan fingerprint density at radius 2 is 1.92 bits per heavy atom. The summed E-state index contributed by atoms with van der Waals surface area (Å²) in [4.78, 5) is 15.1. The van der Waals surface area contributed by atoms with Gasteiger partial charge in [-0.2, -0.15) is 0 Å². The molecule has 200 valence electrons. The van der Waals surface area contributed by atoms with Crippen molar-refractivity contribution in [2.75, 3.05) is 32.1 Å². The van der Waals surface area contributed by atoms with Crippen LogP contribution < -0.4 is 14.8 Å². The average Bonchev–Trinajstić information content (AvgIpc) is 3.24. The summed E-state index contributed by atoms with van der Waals surface area (Å²) in [5.74, 6) is 0.713. The van der Waals surface area contributed by atoms with E-state index in [1.54, 1.807) is 25.3 Å². The second-order valence-electron chi connectivity index (χ2n) is 10.4. The number of halogens is 1. The molecular weight excluding hydrogens is 487 g/mol. The van der Waals surface area contributed by atoms with Crippen LogP contribution in [0, 0.1) is 11.7 Å². The summed E-state index contributed by atoms with van der Waals surface area (Å²) < 4.78 is 31.1. The fraction of sp³-hybridized carbons (Fsp3) is 0.367. The number of hydrogen-bond acceptors (Lipinski definition) is 6. The molecule has 0 aliphatic carbocycles. The second kappa shape index (κ2) is 10.6. The number of nitrogens with one attached hydrogen (secondary N) is 1. The van der Waals surface area contributed by atoms with Crippen LogP contribution in [0.3, 0.4) is 0 Å². The molecular formula is C30H33FN2O5. The number of carbonyl (C=O) groups is 1. The first-order valence-electron chi connectivity index (χ1n) is 12.9. The zero-order chi connectivity index (χ0) is 26.9. The molecule has 7 nitrogen and oxygen atoms in total. The Morgan fingerprint density at radius 3 is 2.66 bits per heavy atom. The van der Waals surface area contributed by atoms with E-state index >= 15 is 0 Å². The van der Waals surface area contributed by atoms with E-state index in [1.165, 1.54) is 12.1 Å². The van der Waals surface area contributed by atoms with Crippen LogP contribution in [0.2, 0.25) is 0 Å². The maximum absolute atomic E-state index is 13.4. The van der Waals surface area contributed by atoms with Gasteiger partial charge in [0.15, 0.2) is 0 Å².